The lowest BCUT2D eigenvalue weighted by Crippen LogP contribution is -2.43. The summed E-state index contributed by atoms with van der Waals surface area (Å²) < 4.78 is 10.5. The zero-order valence-electron chi connectivity index (χ0n) is 12.8. The molecule has 1 amide bonds. The van der Waals surface area contributed by atoms with Gasteiger partial charge in [-0.25, -0.2) is 0 Å². The van der Waals surface area contributed by atoms with Gasteiger partial charge >= 0.3 is 0 Å². The SMILES string of the molecule is COc1ccc(CNC(=O)C2(CN)CCCC2)cc1OC. The molecule has 1 aliphatic rings. The first-order chi connectivity index (χ1) is 10.1. The second-order valence-electron chi connectivity index (χ2n) is 5.56. The van der Waals surface area contributed by atoms with E-state index in [2.05, 4.69) is 5.32 Å². The first-order valence-electron chi connectivity index (χ1n) is 7.34. The Morgan fingerprint density at radius 1 is 1.24 bits per heavy atom. The van der Waals surface area contributed by atoms with E-state index in [0.29, 0.717) is 24.6 Å². The Labute approximate surface area is 125 Å². The Balaban J connectivity index is 2.01. The molecule has 0 atom stereocenters. The van der Waals surface area contributed by atoms with E-state index in [0.717, 1.165) is 31.2 Å². The highest BCUT2D eigenvalue weighted by Gasteiger charge is 2.39. The molecule has 21 heavy (non-hydrogen) atoms. The van der Waals surface area contributed by atoms with Crippen LogP contribution < -0.4 is 20.5 Å². The van der Waals surface area contributed by atoms with Crippen molar-refractivity contribution in [1.29, 1.82) is 0 Å². The van der Waals surface area contributed by atoms with Crippen LogP contribution in [0.1, 0.15) is 31.2 Å². The van der Waals surface area contributed by atoms with Crippen LogP contribution in [0.5, 0.6) is 11.5 Å². The molecule has 3 N–H and O–H groups in total. The van der Waals surface area contributed by atoms with Gasteiger partial charge in [0.25, 0.3) is 0 Å². The fourth-order valence-corrected chi connectivity index (χ4v) is 2.94. The molecule has 0 spiro atoms. The summed E-state index contributed by atoms with van der Waals surface area (Å²) in [5.74, 6) is 1.41. The predicted molar refractivity (Wildman–Crippen MR) is 81.3 cm³/mol. The van der Waals surface area contributed by atoms with Crippen molar-refractivity contribution in [1.82, 2.24) is 5.32 Å². The smallest absolute Gasteiger partial charge is 0.227 e. The zero-order valence-corrected chi connectivity index (χ0v) is 12.8. The van der Waals surface area contributed by atoms with Crippen molar-refractivity contribution in [2.45, 2.75) is 32.2 Å². The van der Waals surface area contributed by atoms with Crippen LogP contribution >= 0.6 is 0 Å². The minimum absolute atomic E-state index is 0.0669. The molecule has 0 saturated heterocycles. The fourth-order valence-electron chi connectivity index (χ4n) is 2.94. The average Bonchev–Trinajstić information content (AvgIpc) is 3.02. The maximum atomic E-state index is 12.4. The number of amides is 1. The number of nitrogens with two attached hydrogens (primary N) is 1. The van der Waals surface area contributed by atoms with Crippen LogP contribution in [0.2, 0.25) is 0 Å². The lowest BCUT2D eigenvalue weighted by Gasteiger charge is -2.25. The highest BCUT2D eigenvalue weighted by Crippen LogP contribution is 2.37. The predicted octanol–water partition coefficient (Wildman–Crippen LogP) is 1.84. The molecule has 0 bridgehead atoms. The molecule has 5 nitrogen and oxygen atoms in total. The third-order valence-corrected chi connectivity index (χ3v) is 4.33. The first-order valence-corrected chi connectivity index (χ1v) is 7.34. The van der Waals surface area contributed by atoms with Gasteiger partial charge in [-0.3, -0.25) is 4.79 Å². The van der Waals surface area contributed by atoms with Crippen molar-refractivity contribution in [3.8, 4) is 11.5 Å². The minimum Gasteiger partial charge on any atom is -0.493 e. The fraction of sp³-hybridized carbons (Fsp3) is 0.562. The van der Waals surface area contributed by atoms with Crippen LogP contribution in [0.3, 0.4) is 0 Å². The first kappa shape index (κ1) is 15.6. The quantitative estimate of drug-likeness (QED) is 0.839. The highest BCUT2D eigenvalue weighted by molar-refractivity contribution is 5.83. The standard InChI is InChI=1S/C16H24N2O3/c1-20-13-6-5-12(9-14(13)21-2)10-18-15(19)16(11-17)7-3-4-8-16/h5-6,9H,3-4,7-8,10-11,17H2,1-2H3,(H,18,19). The van der Waals surface area contributed by atoms with Crippen molar-refractivity contribution >= 4 is 5.91 Å². The molecule has 0 aromatic heterocycles. The highest BCUT2D eigenvalue weighted by atomic mass is 16.5. The summed E-state index contributed by atoms with van der Waals surface area (Å²) in [5.41, 5.74) is 6.44. The molecule has 1 aromatic rings. The molecule has 1 aliphatic carbocycles. The number of methoxy groups -OCH3 is 2. The van der Waals surface area contributed by atoms with Gasteiger partial charge in [0.15, 0.2) is 11.5 Å². The van der Waals surface area contributed by atoms with Crippen LogP contribution in [0.15, 0.2) is 18.2 Å². The molecule has 5 heteroatoms. The second-order valence-corrected chi connectivity index (χ2v) is 5.56. The van der Waals surface area contributed by atoms with E-state index in [1.165, 1.54) is 0 Å². The number of nitrogens with one attached hydrogen (secondary N) is 1. The molecule has 1 saturated carbocycles. The molecule has 2 rings (SSSR count). The van der Waals surface area contributed by atoms with Crippen molar-refractivity contribution in [3.63, 3.8) is 0 Å². The third-order valence-electron chi connectivity index (χ3n) is 4.33. The normalized spacial score (nSPS) is 16.5. The van der Waals surface area contributed by atoms with Gasteiger partial charge in [0.1, 0.15) is 0 Å². The van der Waals surface area contributed by atoms with Gasteiger partial charge in [0.05, 0.1) is 19.6 Å². The number of ether oxygens (including phenoxy) is 2. The van der Waals surface area contributed by atoms with E-state index >= 15 is 0 Å². The molecule has 0 heterocycles. The maximum Gasteiger partial charge on any atom is 0.227 e. The molecule has 1 aromatic carbocycles. The Kier molecular flexibility index (Phi) is 5.07. The molecule has 116 valence electrons. The summed E-state index contributed by atoms with van der Waals surface area (Å²) in [6.45, 7) is 0.895. The summed E-state index contributed by atoms with van der Waals surface area (Å²) >= 11 is 0. The summed E-state index contributed by atoms with van der Waals surface area (Å²) in [4.78, 5) is 12.4. The topological polar surface area (TPSA) is 73.6 Å². The summed E-state index contributed by atoms with van der Waals surface area (Å²) in [6, 6.07) is 5.64. The monoisotopic (exact) mass is 292 g/mol. The third kappa shape index (κ3) is 3.29. The Hall–Kier alpha value is -1.75. The van der Waals surface area contributed by atoms with E-state index in [-0.39, 0.29) is 11.3 Å². The Morgan fingerprint density at radius 2 is 1.90 bits per heavy atom. The molecule has 1 fully saturated rings. The lowest BCUT2D eigenvalue weighted by atomic mass is 9.85. The lowest BCUT2D eigenvalue weighted by molar-refractivity contribution is -0.130. The van der Waals surface area contributed by atoms with Crippen molar-refractivity contribution < 1.29 is 14.3 Å². The average molecular weight is 292 g/mol. The molecular formula is C16H24N2O3. The second kappa shape index (κ2) is 6.80. The summed E-state index contributed by atoms with van der Waals surface area (Å²) in [5, 5.41) is 3.01. The number of benzene rings is 1. The van der Waals surface area contributed by atoms with Gasteiger partial charge in [-0.1, -0.05) is 18.9 Å². The molecule has 0 radical (unpaired) electrons. The summed E-state index contributed by atoms with van der Waals surface area (Å²) in [7, 11) is 3.20. The number of hydrogen-bond acceptors (Lipinski definition) is 4. The minimum atomic E-state index is -0.365. The van der Waals surface area contributed by atoms with Gasteiger partial charge in [0.2, 0.25) is 5.91 Å². The van der Waals surface area contributed by atoms with Crippen LogP contribution in [0.25, 0.3) is 0 Å². The molecule has 0 aliphatic heterocycles. The van der Waals surface area contributed by atoms with Crippen LogP contribution in [-0.2, 0) is 11.3 Å². The number of carbonyl (C=O) groups excluding carboxylic acids is 1. The Bertz CT molecular complexity index is 496. The molecular weight excluding hydrogens is 268 g/mol. The maximum absolute atomic E-state index is 12.4. The van der Waals surface area contributed by atoms with Gasteiger partial charge < -0.3 is 20.5 Å². The zero-order chi connectivity index (χ0) is 15.3. The van der Waals surface area contributed by atoms with Gasteiger partial charge in [-0.2, -0.15) is 0 Å². The van der Waals surface area contributed by atoms with Gasteiger partial charge in [-0.15, -0.1) is 0 Å². The van der Waals surface area contributed by atoms with E-state index in [9.17, 15) is 4.79 Å². The Morgan fingerprint density at radius 3 is 2.48 bits per heavy atom. The molecule has 0 unspecified atom stereocenters. The van der Waals surface area contributed by atoms with Crippen molar-refractivity contribution in [2.75, 3.05) is 20.8 Å². The summed E-state index contributed by atoms with van der Waals surface area (Å²) in [6.07, 6.45) is 3.95. The number of carbonyl (C=O) groups is 1. The van der Waals surface area contributed by atoms with Crippen LogP contribution in [-0.4, -0.2) is 26.7 Å². The van der Waals surface area contributed by atoms with Gasteiger partial charge in [0, 0.05) is 13.1 Å². The van der Waals surface area contributed by atoms with Crippen LogP contribution in [0.4, 0.5) is 0 Å². The van der Waals surface area contributed by atoms with E-state index in [1.807, 2.05) is 18.2 Å². The number of rotatable bonds is 6. The van der Waals surface area contributed by atoms with E-state index in [4.69, 9.17) is 15.2 Å². The number of hydrogen-bond donors (Lipinski definition) is 2. The largest absolute Gasteiger partial charge is 0.493 e. The van der Waals surface area contributed by atoms with Crippen LogP contribution in [0, 0.1) is 5.41 Å². The van der Waals surface area contributed by atoms with E-state index in [1.54, 1.807) is 14.2 Å². The van der Waals surface area contributed by atoms with Crippen molar-refractivity contribution in [3.05, 3.63) is 23.8 Å². The van der Waals surface area contributed by atoms with Gasteiger partial charge in [-0.05, 0) is 30.5 Å². The van der Waals surface area contributed by atoms with E-state index < -0.39 is 0 Å². The van der Waals surface area contributed by atoms with Crippen molar-refractivity contribution in [2.24, 2.45) is 11.1 Å².